The van der Waals surface area contributed by atoms with E-state index >= 15 is 0 Å². The Morgan fingerprint density at radius 3 is 2.13 bits per heavy atom. The van der Waals surface area contributed by atoms with Gasteiger partial charge in [0.2, 0.25) is 0 Å². The van der Waals surface area contributed by atoms with E-state index in [1.165, 1.54) is 0 Å². The Hall–Kier alpha value is -1.77. The number of hydrogen-bond acceptors (Lipinski definition) is 2. The molecule has 0 saturated heterocycles. The Bertz CT molecular complexity index is 369. The SMILES string of the molecule is N#CC(F)(F)c1ccc(OC(F)F)cc1. The third kappa shape index (κ3) is 2.84. The molecule has 0 spiro atoms. The van der Waals surface area contributed by atoms with Gasteiger partial charge in [-0.25, -0.2) is 0 Å². The van der Waals surface area contributed by atoms with Crippen LogP contribution in [-0.4, -0.2) is 6.61 Å². The molecule has 0 aromatic heterocycles. The maximum atomic E-state index is 12.7. The largest absolute Gasteiger partial charge is 0.435 e. The quantitative estimate of drug-likeness (QED) is 0.732. The number of nitriles is 1. The van der Waals surface area contributed by atoms with Gasteiger partial charge in [-0.05, 0) is 24.3 Å². The number of halogens is 4. The fourth-order valence-electron chi connectivity index (χ4n) is 0.910. The summed E-state index contributed by atoms with van der Waals surface area (Å²) >= 11 is 0. The van der Waals surface area contributed by atoms with Crippen LogP contribution in [0.5, 0.6) is 5.75 Å². The van der Waals surface area contributed by atoms with Gasteiger partial charge in [0.05, 0.1) is 0 Å². The minimum atomic E-state index is -3.62. The predicted molar refractivity (Wildman–Crippen MR) is 42.6 cm³/mol. The lowest BCUT2D eigenvalue weighted by atomic mass is 10.1. The molecule has 0 bridgehead atoms. The summed E-state index contributed by atoms with van der Waals surface area (Å²) in [4.78, 5) is 0. The first-order valence-electron chi connectivity index (χ1n) is 3.80. The Kier molecular flexibility index (Phi) is 3.14. The zero-order valence-corrected chi connectivity index (χ0v) is 7.25. The number of rotatable bonds is 3. The number of ether oxygens (including phenoxy) is 1. The van der Waals surface area contributed by atoms with E-state index in [2.05, 4.69) is 4.74 Å². The molecule has 1 rings (SSSR count). The van der Waals surface area contributed by atoms with Gasteiger partial charge in [0.15, 0.2) is 0 Å². The molecule has 6 heteroatoms. The van der Waals surface area contributed by atoms with E-state index in [9.17, 15) is 17.6 Å². The first kappa shape index (κ1) is 11.3. The molecule has 0 unspecified atom stereocenters. The average molecular weight is 219 g/mol. The predicted octanol–water partition coefficient (Wildman–Crippen LogP) is 2.90. The molecule has 2 nitrogen and oxygen atoms in total. The molecule has 1 aromatic rings. The summed E-state index contributed by atoms with van der Waals surface area (Å²) in [6.07, 6.45) is 0. The molecular weight excluding hydrogens is 214 g/mol. The second kappa shape index (κ2) is 4.17. The topological polar surface area (TPSA) is 33.0 Å². The van der Waals surface area contributed by atoms with Crippen LogP contribution < -0.4 is 4.74 Å². The molecule has 0 atom stereocenters. The normalized spacial score (nSPS) is 11.2. The summed E-state index contributed by atoms with van der Waals surface area (Å²) in [5.41, 5.74) is -0.563. The van der Waals surface area contributed by atoms with Gasteiger partial charge in [0, 0.05) is 5.56 Å². The number of benzene rings is 1. The lowest BCUT2D eigenvalue weighted by molar-refractivity contribution is -0.0498. The van der Waals surface area contributed by atoms with Crippen LogP contribution in [-0.2, 0) is 5.92 Å². The van der Waals surface area contributed by atoms with E-state index in [-0.39, 0.29) is 5.75 Å². The van der Waals surface area contributed by atoms with Crippen molar-refractivity contribution in [2.75, 3.05) is 0 Å². The Morgan fingerprint density at radius 1 is 1.20 bits per heavy atom. The van der Waals surface area contributed by atoms with Gasteiger partial charge in [0.25, 0.3) is 0 Å². The smallest absolute Gasteiger partial charge is 0.387 e. The highest BCUT2D eigenvalue weighted by atomic mass is 19.3. The zero-order valence-electron chi connectivity index (χ0n) is 7.25. The van der Waals surface area contributed by atoms with E-state index < -0.39 is 18.1 Å². The van der Waals surface area contributed by atoms with Gasteiger partial charge < -0.3 is 4.74 Å². The van der Waals surface area contributed by atoms with Crippen LogP contribution in [0.2, 0.25) is 0 Å². The van der Waals surface area contributed by atoms with Crippen LogP contribution in [0, 0.1) is 11.3 Å². The lowest BCUT2D eigenvalue weighted by Gasteiger charge is -2.08. The highest BCUT2D eigenvalue weighted by molar-refractivity contribution is 5.32. The molecule has 0 heterocycles. The van der Waals surface area contributed by atoms with Gasteiger partial charge in [0.1, 0.15) is 11.8 Å². The van der Waals surface area contributed by atoms with Crippen LogP contribution in [0.4, 0.5) is 17.6 Å². The number of alkyl halides is 4. The number of hydrogen-bond donors (Lipinski definition) is 0. The monoisotopic (exact) mass is 219 g/mol. The second-order valence-electron chi connectivity index (χ2n) is 2.59. The maximum absolute atomic E-state index is 12.7. The Balaban J connectivity index is 2.87. The third-order valence-electron chi connectivity index (χ3n) is 1.58. The van der Waals surface area contributed by atoms with Crippen molar-refractivity contribution in [3.05, 3.63) is 29.8 Å². The minimum Gasteiger partial charge on any atom is -0.435 e. The summed E-state index contributed by atoms with van der Waals surface area (Å²) in [5.74, 6) is -3.86. The molecule has 0 aliphatic heterocycles. The van der Waals surface area contributed by atoms with Crippen molar-refractivity contribution in [3.63, 3.8) is 0 Å². The molecular formula is C9H5F4NO. The van der Waals surface area contributed by atoms with Crippen molar-refractivity contribution in [1.82, 2.24) is 0 Å². The van der Waals surface area contributed by atoms with Crippen molar-refractivity contribution < 1.29 is 22.3 Å². The minimum absolute atomic E-state index is 0.234. The van der Waals surface area contributed by atoms with Crippen LogP contribution in [0.1, 0.15) is 5.56 Å². The number of nitrogens with zero attached hydrogens (tertiary/aromatic N) is 1. The molecule has 0 radical (unpaired) electrons. The molecule has 0 saturated carbocycles. The molecule has 80 valence electrons. The second-order valence-corrected chi connectivity index (χ2v) is 2.59. The average Bonchev–Trinajstić information content (AvgIpc) is 2.18. The van der Waals surface area contributed by atoms with Crippen LogP contribution in [0.25, 0.3) is 0 Å². The van der Waals surface area contributed by atoms with Crippen LogP contribution >= 0.6 is 0 Å². The molecule has 0 N–H and O–H groups in total. The summed E-state index contributed by atoms with van der Waals surface area (Å²) in [7, 11) is 0. The summed E-state index contributed by atoms with van der Waals surface area (Å²) in [5, 5.41) is 8.11. The molecule has 0 aliphatic rings. The van der Waals surface area contributed by atoms with Gasteiger partial charge in [-0.3, -0.25) is 0 Å². The molecule has 0 amide bonds. The van der Waals surface area contributed by atoms with Gasteiger partial charge >= 0.3 is 12.5 Å². The Morgan fingerprint density at radius 2 is 1.73 bits per heavy atom. The third-order valence-corrected chi connectivity index (χ3v) is 1.58. The van der Waals surface area contributed by atoms with E-state index in [0.717, 1.165) is 30.3 Å². The highest BCUT2D eigenvalue weighted by Crippen LogP contribution is 2.28. The highest BCUT2D eigenvalue weighted by Gasteiger charge is 2.30. The van der Waals surface area contributed by atoms with Gasteiger partial charge in [-0.15, -0.1) is 0 Å². The maximum Gasteiger partial charge on any atom is 0.387 e. The molecule has 0 aliphatic carbocycles. The fraction of sp³-hybridized carbons (Fsp3) is 0.222. The molecule has 1 aromatic carbocycles. The Labute approximate surface area is 82.7 Å². The van der Waals surface area contributed by atoms with E-state index in [1.807, 2.05) is 0 Å². The van der Waals surface area contributed by atoms with Crippen molar-refractivity contribution in [2.24, 2.45) is 0 Å². The van der Waals surface area contributed by atoms with Crippen molar-refractivity contribution in [1.29, 1.82) is 5.26 Å². The summed E-state index contributed by atoms with van der Waals surface area (Å²) in [6.45, 7) is -3.01. The van der Waals surface area contributed by atoms with E-state index in [1.54, 1.807) is 0 Å². The lowest BCUT2D eigenvalue weighted by Crippen LogP contribution is -2.09. The first-order chi connectivity index (χ1) is 6.95. The van der Waals surface area contributed by atoms with E-state index in [4.69, 9.17) is 5.26 Å². The van der Waals surface area contributed by atoms with Crippen molar-refractivity contribution in [3.8, 4) is 11.8 Å². The first-order valence-corrected chi connectivity index (χ1v) is 3.80. The van der Waals surface area contributed by atoms with Crippen molar-refractivity contribution >= 4 is 0 Å². The standard InChI is InChI=1S/C9H5F4NO/c10-8(11)15-7-3-1-6(2-4-7)9(12,13)5-14/h1-4,8H. The summed E-state index contributed by atoms with van der Waals surface area (Å²) in [6, 6.07) is 4.42. The van der Waals surface area contributed by atoms with E-state index in [0.29, 0.717) is 0 Å². The summed E-state index contributed by atoms with van der Waals surface area (Å²) < 4.78 is 52.8. The molecule has 0 fully saturated rings. The van der Waals surface area contributed by atoms with Gasteiger partial charge in [-0.1, -0.05) is 0 Å². The zero-order chi connectivity index (χ0) is 11.5. The van der Waals surface area contributed by atoms with Crippen LogP contribution in [0.3, 0.4) is 0 Å². The van der Waals surface area contributed by atoms with Crippen LogP contribution in [0.15, 0.2) is 24.3 Å². The fourth-order valence-corrected chi connectivity index (χ4v) is 0.910. The van der Waals surface area contributed by atoms with Gasteiger partial charge in [-0.2, -0.15) is 22.8 Å². The van der Waals surface area contributed by atoms with Crippen molar-refractivity contribution in [2.45, 2.75) is 12.5 Å². The molecule has 15 heavy (non-hydrogen) atoms.